The Kier molecular flexibility index (Phi) is 28.8. The minimum atomic E-state index is 0. The van der Waals surface area contributed by atoms with Crippen molar-refractivity contribution in [1.82, 2.24) is 0 Å². The van der Waals surface area contributed by atoms with E-state index in [4.69, 9.17) is 0 Å². The molecular formula is C20H43ClS2. The molecule has 0 N–H and O–H groups in total. The highest BCUT2D eigenvalue weighted by molar-refractivity contribution is 8.76. The predicted octanol–water partition coefficient (Wildman–Crippen LogP) is 9.07. The Morgan fingerprint density at radius 1 is 0.391 bits per heavy atom. The zero-order valence-electron chi connectivity index (χ0n) is 16.0. The molecule has 0 nitrogen and oxygen atoms in total. The number of unbranched alkanes of at least 4 members (excludes halogenated alkanes) is 14. The van der Waals surface area contributed by atoms with Crippen LogP contribution in [-0.2, 0) is 0 Å². The molecule has 0 aliphatic rings. The lowest BCUT2D eigenvalue weighted by Crippen LogP contribution is -1.84. The predicted molar refractivity (Wildman–Crippen MR) is 117 cm³/mol. The van der Waals surface area contributed by atoms with Gasteiger partial charge < -0.3 is 0 Å². The maximum absolute atomic E-state index is 2.29. The molecule has 0 rings (SSSR count). The van der Waals surface area contributed by atoms with E-state index in [1.165, 1.54) is 114 Å². The van der Waals surface area contributed by atoms with Gasteiger partial charge >= 0.3 is 0 Å². The summed E-state index contributed by atoms with van der Waals surface area (Å²) in [6, 6.07) is 0. The third-order valence-corrected chi connectivity index (χ3v) is 6.82. The van der Waals surface area contributed by atoms with Gasteiger partial charge in [0.2, 0.25) is 0 Å². The molecule has 3 heteroatoms. The molecule has 0 atom stereocenters. The van der Waals surface area contributed by atoms with E-state index < -0.39 is 0 Å². The highest BCUT2D eigenvalue weighted by Gasteiger charge is 1.95. The molecule has 142 valence electrons. The van der Waals surface area contributed by atoms with Gasteiger partial charge in [-0.05, 0) is 12.8 Å². The number of hydrogen-bond donors (Lipinski definition) is 0. The van der Waals surface area contributed by atoms with Crippen molar-refractivity contribution in [3.63, 3.8) is 0 Å². The third-order valence-electron chi connectivity index (χ3n) is 4.25. The first-order chi connectivity index (χ1) is 10.9. The molecule has 0 aliphatic carbocycles. The molecule has 0 fully saturated rings. The van der Waals surface area contributed by atoms with E-state index in [2.05, 4.69) is 35.4 Å². The summed E-state index contributed by atoms with van der Waals surface area (Å²) in [4.78, 5) is 0. The molecule has 0 aromatic heterocycles. The normalized spacial score (nSPS) is 10.7. The zero-order valence-corrected chi connectivity index (χ0v) is 18.4. The number of rotatable bonds is 19. The van der Waals surface area contributed by atoms with Crippen LogP contribution in [0.25, 0.3) is 0 Å². The van der Waals surface area contributed by atoms with Gasteiger partial charge in [0.15, 0.2) is 0 Å². The summed E-state index contributed by atoms with van der Waals surface area (Å²) < 4.78 is 0. The Bertz CT molecular complexity index is 168. The van der Waals surface area contributed by atoms with Gasteiger partial charge in [-0.2, -0.15) is 0 Å². The van der Waals surface area contributed by atoms with Crippen LogP contribution in [0, 0.1) is 0 Å². The molecule has 0 spiro atoms. The van der Waals surface area contributed by atoms with E-state index in [9.17, 15) is 0 Å². The van der Waals surface area contributed by atoms with Crippen molar-refractivity contribution >= 4 is 34.0 Å². The minimum Gasteiger partial charge on any atom is -0.147 e. The fourth-order valence-corrected chi connectivity index (χ4v) is 5.00. The largest absolute Gasteiger partial charge is 0.147 e. The fourth-order valence-electron chi connectivity index (χ4n) is 2.71. The van der Waals surface area contributed by atoms with Gasteiger partial charge in [0.05, 0.1) is 0 Å². The number of hydrogen-bond acceptors (Lipinski definition) is 2. The summed E-state index contributed by atoms with van der Waals surface area (Å²) >= 11 is 0. The van der Waals surface area contributed by atoms with Crippen molar-refractivity contribution in [1.29, 1.82) is 0 Å². The Morgan fingerprint density at radius 2 is 0.652 bits per heavy atom. The summed E-state index contributed by atoms with van der Waals surface area (Å²) in [5, 5.41) is 0. The molecule has 0 saturated carbocycles. The summed E-state index contributed by atoms with van der Waals surface area (Å²) in [6.45, 7) is 4.59. The minimum absolute atomic E-state index is 0. The molecule has 0 bridgehead atoms. The van der Waals surface area contributed by atoms with E-state index >= 15 is 0 Å². The maximum Gasteiger partial charge on any atom is 0.00369 e. The molecule has 0 amide bonds. The number of halogens is 1. The van der Waals surface area contributed by atoms with Crippen LogP contribution in [0.2, 0.25) is 0 Å². The molecule has 0 aromatic carbocycles. The third kappa shape index (κ3) is 25.3. The molecule has 0 unspecified atom stereocenters. The Hall–Kier alpha value is 0.990. The first kappa shape index (κ1) is 26.2. The van der Waals surface area contributed by atoms with Crippen molar-refractivity contribution in [2.24, 2.45) is 0 Å². The second-order valence-corrected chi connectivity index (χ2v) is 9.30. The summed E-state index contributed by atoms with van der Waals surface area (Å²) in [5.74, 6) is 2.74. The van der Waals surface area contributed by atoms with Crippen molar-refractivity contribution in [3.8, 4) is 0 Å². The Morgan fingerprint density at radius 3 is 0.957 bits per heavy atom. The first-order valence-corrected chi connectivity index (χ1v) is 12.6. The van der Waals surface area contributed by atoms with Crippen LogP contribution in [0.3, 0.4) is 0 Å². The van der Waals surface area contributed by atoms with Crippen LogP contribution in [0.1, 0.15) is 117 Å². The van der Waals surface area contributed by atoms with Crippen LogP contribution in [-0.4, -0.2) is 11.5 Å². The lowest BCUT2D eigenvalue weighted by molar-refractivity contribution is 0.586. The average Bonchev–Trinajstić information content (AvgIpc) is 2.54. The van der Waals surface area contributed by atoms with Crippen LogP contribution in [0.15, 0.2) is 0 Å². The molecular weight excluding hydrogens is 340 g/mol. The lowest BCUT2D eigenvalue weighted by Gasteiger charge is -2.03. The van der Waals surface area contributed by atoms with Gasteiger partial charge in [0.25, 0.3) is 0 Å². The Balaban J connectivity index is 0. The summed E-state index contributed by atoms with van der Waals surface area (Å²) in [5.41, 5.74) is 0. The highest BCUT2D eigenvalue weighted by atomic mass is 35.5. The maximum atomic E-state index is 2.29. The van der Waals surface area contributed by atoms with Gasteiger partial charge in [-0.3, -0.25) is 0 Å². The van der Waals surface area contributed by atoms with Gasteiger partial charge in [-0.1, -0.05) is 125 Å². The standard InChI is InChI=1S/C20H42S2.ClH/c1-3-5-7-9-11-13-15-17-19-21-22-20-18-16-14-12-10-8-6-4-2;/h3-20H2,1-2H3;1H. The lowest BCUT2D eigenvalue weighted by atomic mass is 10.1. The zero-order chi connectivity index (χ0) is 16.1. The topological polar surface area (TPSA) is 0 Å². The molecule has 0 radical (unpaired) electrons. The average molecular weight is 383 g/mol. The molecule has 0 aromatic rings. The van der Waals surface area contributed by atoms with E-state index in [1.54, 1.807) is 0 Å². The van der Waals surface area contributed by atoms with Crippen LogP contribution >= 0.6 is 34.0 Å². The molecule has 0 heterocycles. The van der Waals surface area contributed by atoms with Gasteiger partial charge in [-0.15, -0.1) is 12.4 Å². The quantitative estimate of drug-likeness (QED) is 0.161. The monoisotopic (exact) mass is 382 g/mol. The highest BCUT2D eigenvalue weighted by Crippen LogP contribution is 2.24. The Labute approximate surface area is 161 Å². The van der Waals surface area contributed by atoms with Crippen LogP contribution in [0.5, 0.6) is 0 Å². The van der Waals surface area contributed by atoms with Gasteiger partial charge in [0, 0.05) is 11.5 Å². The van der Waals surface area contributed by atoms with Crippen LogP contribution < -0.4 is 0 Å². The molecule has 23 heavy (non-hydrogen) atoms. The van der Waals surface area contributed by atoms with E-state index in [-0.39, 0.29) is 12.4 Å². The first-order valence-electron chi connectivity index (χ1n) is 10.2. The fraction of sp³-hybridized carbons (Fsp3) is 1.00. The molecule has 0 aliphatic heterocycles. The summed E-state index contributed by atoms with van der Waals surface area (Å²) in [6.07, 6.45) is 23.1. The van der Waals surface area contributed by atoms with E-state index in [1.807, 2.05) is 0 Å². The second-order valence-electron chi connectivity index (χ2n) is 6.59. The second kappa shape index (κ2) is 25.2. The van der Waals surface area contributed by atoms with Crippen molar-refractivity contribution in [3.05, 3.63) is 0 Å². The van der Waals surface area contributed by atoms with Gasteiger partial charge in [0.1, 0.15) is 0 Å². The summed E-state index contributed by atoms with van der Waals surface area (Å²) in [7, 11) is 4.23. The SMILES string of the molecule is CCCCCCCCCCSSCCCCCCCCCC.Cl. The van der Waals surface area contributed by atoms with Crippen LogP contribution in [0.4, 0.5) is 0 Å². The van der Waals surface area contributed by atoms with Crippen molar-refractivity contribution in [2.75, 3.05) is 11.5 Å². The van der Waals surface area contributed by atoms with E-state index in [0.717, 1.165) is 0 Å². The molecule has 0 saturated heterocycles. The van der Waals surface area contributed by atoms with Gasteiger partial charge in [-0.25, -0.2) is 0 Å². The van der Waals surface area contributed by atoms with E-state index in [0.29, 0.717) is 0 Å². The van der Waals surface area contributed by atoms with Crippen molar-refractivity contribution < 1.29 is 0 Å². The smallest absolute Gasteiger partial charge is 0.00369 e. The van der Waals surface area contributed by atoms with Crippen molar-refractivity contribution in [2.45, 2.75) is 117 Å².